The van der Waals surface area contributed by atoms with Gasteiger partial charge in [-0.1, -0.05) is 12.2 Å². The summed E-state index contributed by atoms with van der Waals surface area (Å²) in [5.41, 5.74) is 0. The van der Waals surface area contributed by atoms with Gasteiger partial charge in [0.15, 0.2) is 5.82 Å². The van der Waals surface area contributed by atoms with Gasteiger partial charge in [-0.2, -0.15) is 5.10 Å². The predicted molar refractivity (Wildman–Crippen MR) is 61.6 cm³/mol. The predicted octanol–water partition coefficient (Wildman–Crippen LogP) is 1.12. The summed E-state index contributed by atoms with van der Waals surface area (Å²) in [4.78, 5) is 4.20. The molecule has 0 aromatic carbocycles. The number of aryl methyl sites for hydroxylation is 1. The third-order valence-electron chi connectivity index (χ3n) is 3.75. The number of nitrogens with one attached hydrogen (secondary N) is 1. The van der Waals surface area contributed by atoms with E-state index in [4.69, 9.17) is 0 Å². The van der Waals surface area contributed by atoms with Crippen LogP contribution in [0.15, 0.2) is 18.5 Å². The van der Waals surface area contributed by atoms with Gasteiger partial charge in [-0.3, -0.25) is 4.68 Å². The highest BCUT2D eigenvalue weighted by molar-refractivity contribution is 5.10. The molecule has 4 heteroatoms. The SMILES string of the molecule is Cn1cnc(CNCC2CC3C=CC2C3)n1. The quantitative estimate of drug-likeness (QED) is 0.770. The Bertz CT molecular complexity index is 395. The zero-order chi connectivity index (χ0) is 11.0. The highest BCUT2D eigenvalue weighted by Crippen LogP contribution is 2.42. The van der Waals surface area contributed by atoms with Crippen LogP contribution in [0, 0.1) is 17.8 Å². The van der Waals surface area contributed by atoms with Gasteiger partial charge in [-0.05, 0) is 37.1 Å². The first-order chi connectivity index (χ1) is 7.81. The van der Waals surface area contributed by atoms with Crippen molar-refractivity contribution in [1.82, 2.24) is 20.1 Å². The van der Waals surface area contributed by atoms with Gasteiger partial charge in [0.25, 0.3) is 0 Å². The van der Waals surface area contributed by atoms with E-state index in [1.54, 1.807) is 11.0 Å². The van der Waals surface area contributed by atoms with Crippen LogP contribution >= 0.6 is 0 Å². The summed E-state index contributed by atoms with van der Waals surface area (Å²) in [6, 6.07) is 0. The third kappa shape index (κ3) is 1.89. The van der Waals surface area contributed by atoms with E-state index in [0.29, 0.717) is 0 Å². The Morgan fingerprint density at radius 1 is 1.44 bits per heavy atom. The van der Waals surface area contributed by atoms with Crippen molar-refractivity contribution < 1.29 is 0 Å². The Labute approximate surface area is 95.8 Å². The van der Waals surface area contributed by atoms with E-state index in [0.717, 1.165) is 36.7 Å². The van der Waals surface area contributed by atoms with E-state index in [1.807, 2.05) is 7.05 Å². The lowest BCUT2D eigenvalue weighted by Gasteiger charge is -2.17. The molecule has 1 N–H and O–H groups in total. The van der Waals surface area contributed by atoms with E-state index in [2.05, 4.69) is 27.6 Å². The van der Waals surface area contributed by atoms with Gasteiger partial charge in [0, 0.05) is 7.05 Å². The molecule has 1 fully saturated rings. The number of nitrogens with zero attached hydrogens (tertiary/aromatic N) is 3. The van der Waals surface area contributed by atoms with Crippen molar-refractivity contribution in [2.75, 3.05) is 6.54 Å². The first-order valence-electron chi connectivity index (χ1n) is 6.05. The molecule has 1 aromatic rings. The zero-order valence-corrected chi connectivity index (χ0v) is 9.63. The Morgan fingerprint density at radius 2 is 2.38 bits per heavy atom. The molecule has 16 heavy (non-hydrogen) atoms. The number of allylic oxidation sites excluding steroid dienone is 2. The number of rotatable bonds is 4. The van der Waals surface area contributed by atoms with E-state index >= 15 is 0 Å². The fourth-order valence-electron chi connectivity index (χ4n) is 2.96. The highest BCUT2D eigenvalue weighted by atomic mass is 15.3. The van der Waals surface area contributed by atoms with E-state index in [-0.39, 0.29) is 0 Å². The molecule has 4 nitrogen and oxygen atoms in total. The van der Waals surface area contributed by atoms with Crippen LogP contribution in [0.25, 0.3) is 0 Å². The molecule has 1 heterocycles. The second-order valence-corrected chi connectivity index (χ2v) is 5.01. The summed E-state index contributed by atoms with van der Waals surface area (Å²) < 4.78 is 1.75. The minimum absolute atomic E-state index is 0.790. The van der Waals surface area contributed by atoms with Gasteiger partial charge in [-0.15, -0.1) is 0 Å². The summed E-state index contributed by atoms with van der Waals surface area (Å²) >= 11 is 0. The molecule has 0 amide bonds. The maximum absolute atomic E-state index is 4.25. The van der Waals surface area contributed by atoms with Crippen LogP contribution in [0.4, 0.5) is 0 Å². The molecule has 1 aromatic heterocycles. The van der Waals surface area contributed by atoms with Gasteiger partial charge < -0.3 is 5.32 Å². The fourth-order valence-corrected chi connectivity index (χ4v) is 2.96. The number of fused-ring (bicyclic) bond motifs is 2. The van der Waals surface area contributed by atoms with Crippen molar-refractivity contribution in [1.29, 1.82) is 0 Å². The maximum atomic E-state index is 4.25. The average molecular weight is 218 g/mol. The Balaban J connectivity index is 1.46. The van der Waals surface area contributed by atoms with Crippen molar-refractivity contribution >= 4 is 0 Å². The molecule has 3 atom stereocenters. The summed E-state index contributed by atoms with van der Waals surface area (Å²) in [6.07, 6.45) is 9.29. The van der Waals surface area contributed by atoms with Crippen LogP contribution < -0.4 is 5.32 Å². The lowest BCUT2D eigenvalue weighted by molar-refractivity contribution is 0.411. The minimum Gasteiger partial charge on any atom is -0.309 e. The molecule has 86 valence electrons. The second-order valence-electron chi connectivity index (χ2n) is 5.01. The van der Waals surface area contributed by atoms with E-state index < -0.39 is 0 Å². The first-order valence-corrected chi connectivity index (χ1v) is 6.05. The molecule has 0 spiro atoms. The van der Waals surface area contributed by atoms with Crippen LogP contribution in [0.1, 0.15) is 18.7 Å². The summed E-state index contributed by atoms with van der Waals surface area (Å²) in [7, 11) is 1.90. The van der Waals surface area contributed by atoms with E-state index in [9.17, 15) is 0 Å². The monoisotopic (exact) mass is 218 g/mol. The van der Waals surface area contributed by atoms with Crippen LogP contribution in [0.3, 0.4) is 0 Å². The van der Waals surface area contributed by atoms with Crippen molar-refractivity contribution in [3.63, 3.8) is 0 Å². The van der Waals surface area contributed by atoms with Crippen LogP contribution in [0.5, 0.6) is 0 Å². The standard InChI is InChI=1S/C12H18N4/c1-16-8-14-12(15-16)7-13-6-11-5-9-2-3-10(11)4-9/h2-3,8-11,13H,4-7H2,1H3. The molecule has 1 saturated carbocycles. The first kappa shape index (κ1) is 10.0. The van der Waals surface area contributed by atoms with Gasteiger partial charge in [-0.25, -0.2) is 4.98 Å². The average Bonchev–Trinajstić information content (AvgIpc) is 2.94. The molecule has 2 bridgehead atoms. The number of hydrogen-bond acceptors (Lipinski definition) is 3. The Morgan fingerprint density at radius 3 is 3.00 bits per heavy atom. The molecule has 2 aliphatic carbocycles. The normalized spacial score (nSPS) is 31.4. The van der Waals surface area contributed by atoms with Gasteiger partial charge in [0.1, 0.15) is 6.33 Å². The molecular weight excluding hydrogens is 200 g/mol. The summed E-state index contributed by atoms with van der Waals surface area (Å²) in [5.74, 6) is 3.42. The Kier molecular flexibility index (Phi) is 2.52. The van der Waals surface area contributed by atoms with Crippen molar-refractivity contribution in [3.05, 3.63) is 24.3 Å². The van der Waals surface area contributed by atoms with Gasteiger partial charge in [0.05, 0.1) is 6.54 Å². The van der Waals surface area contributed by atoms with Crippen molar-refractivity contribution in [3.8, 4) is 0 Å². The molecule has 0 radical (unpaired) electrons. The van der Waals surface area contributed by atoms with Crippen molar-refractivity contribution in [2.24, 2.45) is 24.8 Å². The van der Waals surface area contributed by atoms with Gasteiger partial charge in [0.2, 0.25) is 0 Å². The lowest BCUT2D eigenvalue weighted by Crippen LogP contribution is -2.25. The second kappa shape index (κ2) is 4.01. The third-order valence-corrected chi connectivity index (χ3v) is 3.75. The van der Waals surface area contributed by atoms with Crippen LogP contribution in [0.2, 0.25) is 0 Å². The molecule has 2 aliphatic rings. The molecule has 0 aliphatic heterocycles. The topological polar surface area (TPSA) is 42.7 Å². The minimum atomic E-state index is 0.790. The maximum Gasteiger partial charge on any atom is 0.164 e. The summed E-state index contributed by atoms with van der Waals surface area (Å²) in [6.45, 7) is 1.89. The molecule has 3 unspecified atom stereocenters. The van der Waals surface area contributed by atoms with Crippen LogP contribution in [-0.2, 0) is 13.6 Å². The smallest absolute Gasteiger partial charge is 0.164 e. The largest absolute Gasteiger partial charge is 0.309 e. The number of hydrogen-bond donors (Lipinski definition) is 1. The Hall–Kier alpha value is -1.16. The summed E-state index contributed by atoms with van der Waals surface area (Å²) in [5, 5.41) is 7.72. The van der Waals surface area contributed by atoms with Crippen LogP contribution in [-0.4, -0.2) is 21.3 Å². The zero-order valence-electron chi connectivity index (χ0n) is 9.63. The highest BCUT2D eigenvalue weighted by Gasteiger charge is 2.34. The lowest BCUT2D eigenvalue weighted by atomic mass is 9.94. The number of aromatic nitrogens is 3. The molecular formula is C12H18N4. The van der Waals surface area contributed by atoms with Gasteiger partial charge >= 0.3 is 0 Å². The molecule has 3 rings (SSSR count). The van der Waals surface area contributed by atoms with E-state index in [1.165, 1.54) is 12.8 Å². The van der Waals surface area contributed by atoms with Crippen molar-refractivity contribution in [2.45, 2.75) is 19.4 Å². The molecule has 0 saturated heterocycles. The fraction of sp³-hybridized carbons (Fsp3) is 0.667.